The molecule has 2 aliphatic rings. The van der Waals surface area contributed by atoms with Crippen LogP contribution in [0.3, 0.4) is 0 Å². The second-order valence-electron chi connectivity index (χ2n) is 14.2. The SMILES string of the molecule is Cc1cc2c3c(c1)-n1c4c(cccc4c4sc5ccccc5c41)B3c1ccccc1N2c1ccc(C(C)(C)C)cc1-c1ccccc1. The average Bonchev–Trinajstić information content (AvgIpc) is 3.62. The van der Waals surface area contributed by atoms with Gasteiger partial charge in [-0.1, -0.05) is 112 Å². The third-order valence-electron chi connectivity index (χ3n) is 10.4. The van der Waals surface area contributed by atoms with E-state index in [-0.39, 0.29) is 12.1 Å². The molecular weight excluding hydrogens is 587 g/mol. The van der Waals surface area contributed by atoms with Crippen molar-refractivity contribution in [2.45, 2.75) is 33.1 Å². The van der Waals surface area contributed by atoms with Gasteiger partial charge in [-0.3, -0.25) is 0 Å². The van der Waals surface area contributed by atoms with Crippen LogP contribution in [-0.4, -0.2) is 11.3 Å². The smallest absolute Gasteiger partial charge is 0.252 e. The molecule has 10 rings (SSSR count). The number of nitrogens with zero attached hydrogens (tertiary/aromatic N) is 2. The van der Waals surface area contributed by atoms with Crippen LogP contribution >= 0.6 is 11.3 Å². The zero-order chi connectivity index (χ0) is 31.6. The molecule has 6 aromatic carbocycles. The summed E-state index contributed by atoms with van der Waals surface area (Å²) in [4.78, 5) is 2.56. The number of para-hydroxylation sites is 2. The summed E-state index contributed by atoms with van der Waals surface area (Å²) < 4.78 is 5.33. The van der Waals surface area contributed by atoms with Crippen molar-refractivity contribution < 1.29 is 0 Å². The molecule has 4 heterocycles. The van der Waals surface area contributed by atoms with Gasteiger partial charge in [-0.05, 0) is 81.8 Å². The topological polar surface area (TPSA) is 8.17 Å². The quantitative estimate of drug-likeness (QED) is 0.175. The standard InChI is InChI=1S/C43H33BN2S/c1-26-23-36-39-37(24-26)46-40-30(42-41(46)29-15-8-11-20-38(29)47-42)16-12-18-33(40)44(39)32-17-9-10-19-35(32)45(36)34-22-21-28(43(2,3)4)25-31(34)27-13-6-5-7-14-27/h5-25H,1-4H3. The molecule has 0 radical (unpaired) electrons. The van der Waals surface area contributed by atoms with Gasteiger partial charge in [-0.2, -0.15) is 0 Å². The zero-order valence-corrected chi connectivity index (χ0v) is 27.8. The predicted octanol–water partition coefficient (Wildman–Crippen LogP) is 9.88. The van der Waals surface area contributed by atoms with E-state index in [2.05, 4.69) is 165 Å². The molecule has 0 N–H and O–H groups in total. The van der Waals surface area contributed by atoms with E-state index < -0.39 is 0 Å². The Morgan fingerprint density at radius 1 is 0.596 bits per heavy atom. The van der Waals surface area contributed by atoms with Crippen LogP contribution in [0, 0.1) is 6.92 Å². The van der Waals surface area contributed by atoms with Crippen LogP contribution in [0.2, 0.25) is 0 Å². The molecule has 0 amide bonds. The van der Waals surface area contributed by atoms with Gasteiger partial charge < -0.3 is 9.47 Å². The van der Waals surface area contributed by atoms with E-state index in [4.69, 9.17) is 0 Å². The molecule has 8 aromatic rings. The van der Waals surface area contributed by atoms with Crippen molar-refractivity contribution in [1.82, 2.24) is 4.57 Å². The molecule has 0 bridgehead atoms. The Morgan fingerprint density at radius 3 is 2.17 bits per heavy atom. The van der Waals surface area contributed by atoms with Crippen LogP contribution in [0.25, 0.3) is 48.0 Å². The first-order chi connectivity index (χ1) is 22.9. The van der Waals surface area contributed by atoms with E-state index in [0.717, 1.165) is 0 Å². The number of thiophene rings is 1. The van der Waals surface area contributed by atoms with Crippen LogP contribution < -0.4 is 21.3 Å². The fraction of sp³-hybridized carbons (Fsp3) is 0.116. The summed E-state index contributed by atoms with van der Waals surface area (Å²) in [5.74, 6) is 0. The third-order valence-corrected chi connectivity index (χ3v) is 11.6. The van der Waals surface area contributed by atoms with E-state index in [9.17, 15) is 0 Å². The molecule has 0 saturated heterocycles. The molecule has 0 saturated carbocycles. The normalized spacial score (nSPS) is 13.4. The van der Waals surface area contributed by atoms with Gasteiger partial charge in [0.15, 0.2) is 0 Å². The highest BCUT2D eigenvalue weighted by Crippen LogP contribution is 2.47. The van der Waals surface area contributed by atoms with Crippen LogP contribution in [0.1, 0.15) is 31.9 Å². The summed E-state index contributed by atoms with van der Waals surface area (Å²) in [7, 11) is 0. The Morgan fingerprint density at radius 2 is 1.32 bits per heavy atom. The minimum atomic E-state index is 0.0354. The number of rotatable bonds is 2. The molecular formula is C43H33BN2S. The lowest BCUT2D eigenvalue weighted by Crippen LogP contribution is -2.60. The Hall–Kier alpha value is -5.06. The van der Waals surface area contributed by atoms with E-state index >= 15 is 0 Å². The molecule has 2 nitrogen and oxygen atoms in total. The Kier molecular flexibility index (Phi) is 5.47. The monoisotopic (exact) mass is 620 g/mol. The Balaban J connectivity index is 1.35. The highest BCUT2D eigenvalue weighted by molar-refractivity contribution is 7.26. The fourth-order valence-corrected chi connectivity index (χ4v) is 9.51. The number of fused-ring (bicyclic) bond motifs is 9. The molecule has 0 unspecified atom stereocenters. The van der Waals surface area contributed by atoms with Gasteiger partial charge in [-0.25, -0.2) is 0 Å². The number of hydrogen-bond donors (Lipinski definition) is 0. The van der Waals surface area contributed by atoms with Crippen LogP contribution in [-0.2, 0) is 5.41 Å². The maximum Gasteiger partial charge on any atom is 0.252 e. The summed E-state index contributed by atoms with van der Waals surface area (Å²) in [5, 5.41) is 2.69. The van der Waals surface area contributed by atoms with Gasteiger partial charge >= 0.3 is 0 Å². The summed E-state index contributed by atoms with van der Waals surface area (Å²) >= 11 is 1.93. The molecule has 4 heteroatoms. The molecule has 224 valence electrons. The van der Waals surface area contributed by atoms with E-state index in [1.807, 2.05) is 11.3 Å². The van der Waals surface area contributed by atoms with Crippen molar-refractivity contribution in [2.24, 2.45) is 0 Å². The minimum absolute atomic E-state index is 0.0354. The average molecular weight is 621 g/mol. The van der Waals surface area contributed by atoms with Crippen molar-refractivity contribution in [3.8, 4) is 16.8 Å². The summed E-state index contributed by atoms with van der Waals surface area (Å²) in [6.07, 6.45) is 0. The predicted molar refractivity (Wildman–Crippen MR) is 204 cm³/mol. The van der Waals surface area contributed by atoms with Crippen LogP contribution in [0.4, 0.5) is 17.1 Å². The Labute approximate surface area is 279 Å². The molecule has 0 aliphatic carbocycles. The highest BCUT2D eigenvalue weighted by atomic mass is 32.1. The lowest BCUT2D eigenvalue weighted by molar-refractivity contribution is 0.590. The molecule has 2 aromatic heterocycles. The lowest BCUT2D eigenvalue weighted by atomic mass is 9.34. The van der Waals surface area contributed by atoms with Gasteiger partial charge in [0.2, 0.25) is 0 Å². The number of benzene rings is 6. The molecule has 0 atom stereocenters. The van der Waals surface area contributed by atoms with Gasteiger partial charge in [0.25, 0.3) is 6.71 Å². The number of aromatic nitrogens is 1. The third kappa shape index (κ3) is 3.68. The number of hydrogen-bond acceptors (Lipinski definition) is 2. The maximum atomic E-state index is 2.61. The molecule has 47 heavy (non-hydrogen) atoms. The highest BCUT2D eigenvalue weighted by Gasteiger charge is 2.42. The van der Waals surface area contributed by atoms with Gasteiger partial charge in [0.05, 0.1) is 21.4 Å². The van der Waals surface area contributed by atoms with Crippen molar-refractivity contribution in [2.75, 3.05) is 4.90 Å². The van der Waals surface area contributed by atoms with Crippen molar-refractivity contribution >= 4 is 82.7 Å². The lowest BCUT2D eigenvalue weighted by Gasteiger charge is -2.41. The Bertz CT molecular complexity index is 2580. The summed E-state index contributed by atoms with van der Waals surface area (Å²) in [5.41, 5.74) is 17.0. The van der Waals surface area contributed by atoms with E-state index in [1.165, 1.54) is 92.6 Å². The largest absolute Gasteiger partial charge is 0.311 e. The first-order valence-corrected chi connectivity index (χ1v) is 17.4. The maximum absolute atomic E-state index is 2.61. The summed E-state index contributed by atoms with van der Waals surface area (Å²) in [6.45, 7) is 9.32. The minimum Gasteiger partial charge on any atom is -0.311 e. The second kappa shape index (κ2) is 9.50. The zero-order valence-electron chi connectivity index (χ0n) is 27.0. The van der Waals surface area contributed by atoms with Crippen molar-refractivity contribution in [3.63, 3.8) is 0 Å². The first kappa shape index (κ1) is 27.1. The molecule has 0 fully saturated rings. The van der Waals surface area contributed by atoms with Gasteiger partial charge in [0.1, 0.15) is 0 Å². The summed E-state index contributed by atoms with van der Waals surface area (Å²) in [6, 6.07) is 47.9. The van der Waals surface area contributed by atoms with Crippen LogP contribution in [0.15, 0.2) is 127 Å². The second-order valence-corrected chi connectivity index (χ2v) is 15.3. The first-order valence-electron chi connectivity index (χ1n) is 16.6. The fourth-order valence-electron chi connectivity index (χ4n) is 8.29. The van der Waals surface area contributed by atoms with Crippen molar-refractivity contribution in [1.29, 1.82) is 0 Å². The van der Waals surface area contributed by atoms with Crippen molar-refractivity contribution in [3.05, 3.63) is 139 Å². The van der Waals surface area contributed by atoms with Crippen LogP contribution in [0.5, 0.6) is 0 Å². The number of aryl methyl sites for hydroxylation is 1. The van der Waals surface area contributed by atoms with E-state index in [1.54, 1.807) is 0 Å². The van der Waals surface area contributed by atoms with E-state index in [0.29, 0.717) is 0 Å². The molecule has 0 spiro atoms. The molecule has 2 aliphatic heterocycles. The number of anilines is 3. The van der Waals surface area contributed by atoms with Gasteiger partial charge in [0, 0.05) is 38.1 Å². The van der Waals surface area contributed by atoms with Gasteiger partial charge in [-0.15, -0.1) is 11.3 Å².